The van der Waals surface area contributed by atoms with E-state index in [1.807, 2.05) is 84.8 Å². The Bertz CT molecular complexity index is 1810. The van der Waals surface area contributed by atoms with Gasteiger partial charge in [0, 0.05) is 48.8 Å². The number of fused-ring (bicyclic) bond motifs is 2. The first-order valence-corrected chi connectivity index (χ1v) is 15.5. The van der Waals surface area contributed by atoms with E-state index in [1.54, 1.807) is 38.5 Å². The van der Waals surface area contributed by atoms with Gasteiger partial charge in [0.1, 0.15) is 11.5 Å². The van der Waals surface area contributed by atoms with Gasteiger partial charge in [0.05, 0.1) is 19.6 Å². The molecule has 2 saturated heterocycles. The van der Waals surface area contributed by atoms with Gasteiger partial charge >= 0.3 is 0 Å². The second-order valence-corrected chi connectivity index (χ2v) is 12.5. The van der Waals surface area contributed by atoms with Crippen LogP contribution in [-0.4, -0.2) is 73.6 Å². The topological polar surface area (TPSA) is 76.2 Å². The number of ether oxygens (including phenoxy) is 2. The number of likely N-dealkylation sites (N-methyl/N-ethyl adjacent to an activating group) is 1. The predicted octanol–water partition coefficient (Wildman–Crippen LogP) is 5.71. The highest BCUT2D eigenvalue weighted by atomic mass is 16.5. The van der Waals surface area contributed by atoms with Gasteiger partial charge in [-0.2, -0.15) is 0 Å². The lowest BCUT2D eigenvalue weighted by molar-refractivity contribution is -0.132. The number of carbonyl (C=O) groups excluding carboxylic acids is 3. The van der Waals surface area contributed by atoms with Crippen LogP contribution >= 0.6 is 0 Å². The molecule has 3 aliphatic rings. The molecule has 2 fully saturated rings. The van der Waals surface area contributed by atoms with Crippen molar-refractivity contribution in [2.24, 2.45) is 5.41 Å². The Morgan fingerprint density at radius 2 is 1.30 bits per heavy atom. The summed E-state index contributed by atoms with van der Waals surface area (Å²) in [6, 6.07) is 32.4. The van der Waals surface area contributed by atoms with Crippen LogP contribution in [0.5, 0.6) is 11.5 Å². The molecule has 0 unspecified atom stereocenters. The maximum Gasteiger partial charge on any atom is 0.192 e. The molecule has 232 valence electrons. The molecule has 0 amide bonds. The maximum atomic E-state index is 15.5. The summed E-state index contributed by atoms with van der Waals surface area (Å²) in [7, 11) is 5.06. The Balaban J connectivity index is 1.47. The Hall–Kier alpha value is -4.85. The molecule has 46 heavy (non-hydrogen) atoms. The second-order valence-electron chi connectivity index (χ2n) is 12.5. The lowest BCUT2D eigenvalue weighted by atomic mass is 9.56. The summed E-state index contributed by atoms with van der Waals surface area (Å²) >= 11 is 0. The standard InChI is InChI=1S/C39H36N2O5/c1-40-24-34(28-15-19-31(46-3)20-16-28)38(39(40)36(43)32-11-7-8-12-33(32)37(39)44)25-41(22-27-9-5-4-6-10-27)23-29(35(38)42)21-26-13-17-30(45-2)18-14-26/h4-21,34H,22-25H2,1-3H3/b29-21-/t34-,38+/m1/s1. The van der Waals surface area contributed by atoms with Crippen molar-refractivity contribution in [1.82, 2.24) is 9.80 Å². The molecule has 2 heterocycles. The number of likely N-dealkylation sites (tertiary alicyclic amines) is 2. The van der Waals surface area contributed by atoms with E-state index in [1.165, 1.54) is 0 Å². The minimum Gasteiger partial charge on any atom is -0.497 e. The molecule has 2 atom stereocenters. The summed E-state index contributed by atoms with van der Waals surface area (Å²) in [6.45, 7) is 1.54. The van der Waals surface area contributed by atoms with E-state index < -0.39 is 16.9 Å². The summed E-state index contributed by atoms with van der Waals surface area (Å²) in [4.78, 5) is 49.3. The fraction of sp³-hybridized carbons (Fsp3) is 0.256. The molecule has 0 radical (unpaired) electrons. The highest BCUT2D eigenvalue weighted by Gasteiger charge is 2.77. The third-order valence-corrected chi connectivity index (χ3v) is 10.1. The van der Waals surface area contributed by atoms with Crippen LogP contribution in [-0.2, 0) is 11.3 Å². The van der Waals surface area contributed by atoms with Crippen LogP contribution in [0, 0.1) is 5.41 Å². The van der Waals surface area contributed by atoms with Crippen LogP contribution in [0.15, 0.2) is 109 Å². The smallest absolute Gasteiger partial charge is 0.192 e. The molecule has 7 heteroatoms. The van der Waals surface area contributed by atoms with Gasteiger partial charge in [-0.15, -0.1) is 0 Å². The van der Waals surface area contributed by atoms with Crippen LogP contribution in [0.4, 0.5) is 0 Å². The van der Waals surface area contributed by atoms with Gasteiger partial charge in [-0.25, -0.2) is 0 Å². The Kier molecular flexibility index (Phi) is 7.46. The first kappa shape index (κ1) is 29.8. The van der Waals surface area contributed by atoms with Crippen molar-refractivity contribution in [2.75, 3.05) is 40.9 Å². The number of methoxy groups -OCH3 is 2. The molecular weight excluding hydrogens is 576 g/mol. The Labute approximate surface area is 269 Å². The van der Waals surface area contributed by atoms with E-state index in [4.69, 9.17) is 9.47 Å². The van der Waals surface area contributed by atoms with E-state index in [9.17, 15) is 9.59 Å². The normalized spacial score (nSPS) is 23.4. The molecular formula is C39H36N2O5. The van der Waals surface area contributed by atoms with Gasteiger partial charge in [0.25, 0.3) is 0 Å². The van der Waals surface area contributed by atoms with Crippen LogP contribution in [0.2, 0.25) is 0 Å². The molecule has 0 aromatic heterocycles. The molecule has 7 rings (SSSR count). The zero-order valence-electron chi connectivity index (χ0n) is 26.2. The monoisotopic (exact) mass is 612 g/mol. The van der Waals surface area contributed by atoms with Crippen LogP contribution in [0.25, 0.3) is 6.08 Å². The van der Waals surface area contributed by atoms with Crippen molar-refractivity contribution < 1.29 is 23.9 Å². The van der Waals surface area contributed by atoms with Crippen molar-refractivity contribution in [3.8, 4) is 11.5 Å². The largest absolute Gasteiger partial charge is 0.497 e. The average molecular weight is 613 g/mol. The number of piperidine rings is 1. The maximum absolute atomic E-state index is 15.5. The summed E-state index contributed by atoms with van der Waals surface area (Å²) in [6.07, 6.45) is 1.91. The van der Waals surface area contributed by atoms with Gasteiger partial charge in [0.2, 0.25) is 0 Å². The van der Waals surface area contributed by atoms with Crippen molar-refractivity contribution >= 4 is 23.4 Å². The number of carbonyl (C=O) groups is 3. The Morgan fingerprint density at radius 1 is 0.739 bits per heavy atom. The minimum atomic E-state index is -1.70. The summed E-state index contributed by atoms with van der Waals surface area (Å²) < 4.78 is 10.8. The Morgan fingerprint density at radius 3 is 1.89 bits per heavy atom. The lowest BCUT2D eigenvalue weighted by Gasteiger charge is -2.50. The van der Waals surface area contributed by atoms with E-state index in [0.29, 0.717) is 42.1 Å². The zero-order valence-corrected chi connectivity index (χ0v) is 26.2. The van der Waals surface area contributed by atoms with Gasteiger partial charge < -0.3 is 9.47 Å². The quantitative estimate of drug-likeness (QED) is 0.204. The number of Topliss-reactive ketones (excluding diaryl/α,β-unsaturated/α-hetero) is 3. The summed E-state index contributed by atoms with van der Waals surface area (Å²) in [5, 5.41) is 0. The fourth-order valence-electron chi connectivity index (χ4n) is 8.10. The van der Waals surface area contributed by atoms with E-state index in [-0.39, 0.29) is 23.9 Å². The first-order valence-electron chi connectivity index (χ1n) is 15.5. The second kappa shape index (κ2) is 11.5. The molecule has 1 aliphatic carbocycles. The van der Waals surface area contributed by atoms with Crippen LogP contribution < -0.4 is 9.47 Å². The van der Waals surface area contributed by atoms with Crippen molar-refractivity contribution in [1.29, 1.82) is 0 Å². The minimum absolute atomic E-state index is 0.160. The van der Waals surface area contributed by atoms with Crippen LogP contribution in [0.1, 0.15) is 43.3 Å². The number of hydrogen-bond donors (Lipinski definition) is 0. The molecule has 7 nitrogen and oxygen atoms in total. The van der Waals surface area contributed by atoms with Crippen molar-refractivity contribution in [3.63, 3.8) is 0 Å². The molecule has 4 aromatic carbocycles. The number of ketones is 3. The predicted molar refractivity (Wildman–Crippen MR) is 176 cm³/mol. The molecule has 4 aromatic rings. The molecule has 0 saturated carbocycles. The zero-order chi connectivity index (χ0) is 32.1. The fourth-order valence-corrected chi connectivity index (χ4v) is 8.10. The van der Waals surface area contributed by atoms with Gasteiger partial charge in [-0.05, 0) is 54.1 Å². The highest BCUT2D eigenvalue weighted by Crippen LogP contribution is 2.61. The molecule has 0 N–H and O–H groups in total. The number of rotatable bonds is 6. The van der Waals surface area contributed by atoms with E-state index >= 15 is 4.79 Å². The average Bonchev–Trinajstić information content (AvgIpc) is 3.48. The SMILES string of the molecule is COc1ccc(/C=C2/CN(Cc3ccccc3)C[C@@]3(C2=O)[C@@H](c2ccc(OC)cc2)CN(C)C32C(=O)c3ccccc3C2=O)cc1. The van der Waals surface area contributed by atoms with Gasteiger partial charge in [-0.3, -0.25) is 24.2 Å². The summed E-state index contributed by atoms with van der Waals surface area (Å²) in [5.41, 5.74) is 1.03. The van der Waals surface area contributed by atoms with Gasteiger partial charge in [-0.1, -0.05) is 78.9 Å². The van der Waals surface area contributed by atoms with Crippen molar-refractivity contribution in [2.45, 2.75) is 18.0 Å². The third-order valence-electron chi connectivity index (χ3n) is 10.1. The number of benzene rings is 4. The summed E-state index contributed by atoms with van der Waals surface area (Å²) in [5.74, 6) is 0.203. The first-order chi connectivity index (χ1) is 22.3. The molecule has 2 spiro atoms. The third kappa shape index (κ3) is 4.37. The molecule has 2 aliphatic heterocycles. The number of nitrogens with zero attached hydrogens (tertiary/aromatic N) is 2. The molecule has 0 bridgehead atoms. The lowest BCUT2D eigenvalue weighted by Crippen LogP contribution is -2.69. The highest BCUT2D eigenvalue weighted by molar-refractivity contribution is 6.36. The number of hydrogen-bond acceptors (Lipinski definition) is 7. The van der Waals surface area contributed by atoms with E-state index in [2.05, 4.69) is 17.0 Å². The van der Waals surface area contributed by atoms with Gasteiger partial charge in [0.15, 0.2) is 22.9 Å². The van der Waals surface area contributed by atoms with Crippen molar-refractivity contribution in [3.05, 3.63) is 137 Å². The van der Waals surface area contributed by atoms with E-state index in [0.717, 1.165) is 22.4 Å². The van der Waals surface area contributed by atoms with Crippen LogP contribution in [0.3, 0.4) is 0 Å².